The standard InChI is InChI=1S/C13H13BrN2O3/c1-7(2)16-12(18)10(11(17)15-13(16)19)8-5-3-4-6-9(8)14/h3-7,18H,1-2H3,(H,15,17,19). The Bertz CT molecular complexity index is 731. The number of benzene rings is 1. The van der Waals surface area contributed by atoms with E-state index in [0.717, 1.165) is 4.57 Å². The van der Waals surface area contributed by atoms with Crippen molar-refractivity contribution in [3.63, 3.8) is 0 Å². The summed E-state index contributed by atoms with van der Waals surface area (Å²) in [6.45, 7) is 3.51. The fraction of sp³-hybridized carbons (Fsp3) is 0.231. The summed E-state index contributed by atoms with van der Waals surface area (Å²) in [5.41, 5.74) is -0.601. The number of aromatic amines is 1. The van der Waals surface area contributed by atoms with Gasteiger partial charge >= 0.3 is 5.69 Å². The summed E-state index contributed by atoms with van der Waals surface area (Å²) in [5.74, 6) is -0.323. The Morgan fingerprint density at radius 3 is 2.47 bits per heavy atom. The number of nitrogens with zero attached hydrogens (tertiary/aromatic N) is 1. The lowest BCUT2D eigenvalue weighted by atomic mass is 10.1. The second-order valence-electron chi connectivity index (χ2n) is 4.40. The van der Waals surface area contributed by atoms with Crippen molar-refractivity contribution in [1.82, 2.24) is 9.55 Å². The van der Waals surface area contributed by atoms with Gasteiger partial charge in [0.1, 0.15) is 5.56 Å². The third-order valence-electron chi connectivity index (χ3n) is 2.78. The van der Waals surface area contributed by atoms with Crippen LogP contribution >= 0.6 is 15.9 Å². The Morgan fingerprint density at radius 1 is 1.26 bits per heavy atom. The number of hydrogen-bond donors (Lipinski definition) is 2. The van der Waals surface area contributed by atoms with E-state index in [0.29, 0.717) is 10.0 Å². The molecule has 0 saturated carbocycles. The predicted octanol–water partition coefficient (Wildman–Crippen LogP) is 2.25. The molecule has 0 amide bonds. The molecular weight excluding hydrogens is 312 g/mol. The summed E-state index contributed by atoms with van der Waals surface area (Å²) in [4.78, 5) is 25.9. The number of hydrogen-bond acceptors (Lipinski definition) is 3. The molecule has 2 N–H and O–H groups in total. The van der Waals surface area contributed by atoms with Crippen LogP contribution in [0, 0.1) is 0 Å². The SMILES string of the molecule is CC(C)n1c(O)c(-c2ccccc2Br)c(=O)[nH]c1=O. The molecular formula is C13H13BrN2O3. The van der Waals surface area contributed by atoms with Gasteiger partial charge in [-0.15, -0.1) is 0 Å². The van der Waals surface area contributed by atoms with Gasteiger partial charge in [-0.25, -0.2) is 4.79 Å². The first kappa shape index (κ1) is 13.6. The van der Waals surface area contributed by atoms with Gasteiger partial charge < -0.3 is 5.11 Å². The number of aromatic hydroxyl groups is 1. The highest BCUT2D eigenvalue weighted by molar-refractivity contribution is 9.10. The molecule has 1 heterocycles. The average Bonchev–Trinajstić information content (AvgIpc) is 2.30. The summed E-state index contributed by atoms with van der Waals surface area (Å²) in [6.07, 6.45) is 0. The molecule has 1 aromatic heterocycles. The van der Waals surface area contributed by atoms with E-state index >= 15 is 0 Å². The van der Waals surface area contributed by atoms with Crippen LogP contribution in [0.5, 0.6) is 5.88 Å². The summed E-state index contributed by atoms with van der Waals surface area (Å²) in [6, 6.07) is 6.76. The normalized spacial score (nSPS) is 10.9. The highest BCUT2D eigenvalue weighted by atomic mass is 79.9. The summed E-state index contributed by atoms with van der Waals surface area (Å²) >= 11 is 3.33. The van der Waals surface area contributed by atoms with Crippen LogP contribution < -0.4 is 11.2 Å². The van der Waals surface area contributed by atoms with E-state index in [2.05, 4.69) is 20.9 Å². The zero-order valence-corrected chi connectivity index (χ0v) is 12.1. The third-order valence-corrected chi connectivity index (χ3v) is 3.47. The highest BCUT2D eigenvalue weighted by Gasteiger charge is 2.18. The molecule has 0 unspecified atom stereocenters. The van der Waals surface area contributed by atoms with Gasteiger partial charge in [0.15, 0.2) is 0 Å². The van der Waals surface area contributed by atoms with Gasteiger partial charge in [0, 0.05) is 16.1 Å². The summed E-state index contributed by atoms with van der Waals surface area (Å²) < 4.78 is 1.82. The highest BCUT2D eigenvalue weighted by Crippen LogP contribution is 2.31. The number of halogens is 1. The van der Waals surface area contributed by atoms with E-state index in [4.69, 9.17) is 0 Å². The number of rotatable bonds is 2. The molecule has 0 fully saturated rings. The van der Waals surface area contributed by atoms with Crippen LogP contribution in [-0.4, -0.2) is 14.7 Å². The molecule has 0 atom stereocenters. The fourth-order valence-corrected chi connectivity index (χ4v) is 2.41. The average molecular weight is 325 g/mol. The molecule has 0 aliphatic heterocycles. The molecule has 2 aromatic rings. The first-order valence-electron chi connectivity index (χ1n) is 5.76. The number of aromatic nitrogens is 2. The lowest BCUT2D eigenvalue weighted by Gasteiger charge is -2.14. The molecule has 0 aliphatic carbocycles. The molecule has 0 spiro atoms. The maximum absolute atomic E-state index is 11.9. The minimum absolute atomic E-state index is 0.0841. The smallest absolute Gasteiger partial charge is 0.331 e. The first-order chi connectivity index (χ1) is 8.93. The minimum atomic E-state index is -0.617. The van der Waals surface area contributed by atoms with Gasteiger partial charge in [0.2, 0.25) is 5.88 Å². The van der Waals surface area contributed by atoms with Crippen LogP contribution in [0.2, 0.25) is 0 Å². The van der Waals surface area contributed by atoms with Crippen molar-refractivity contribution in [2.24, 2.45) is 0 Å². The van der Waals surface area contributed by atoms with Gasteiger partial charge in [-0.2, -0.15) is 0 Å². The van der Waals surface area contributed by atoms with Gasteiger partial charge in [0.05, 0.1) is 0 Å². The van der Waals surface area contributed by atoms with E-state index in [-0.39, 0.29) is 17.5 Å². The van der Waals surface area contributed by atoms with Gasteiger partial charge in [-0.05, 0) is 19.9 Å². The quantitative estimate of drug-likeness (QED) is 0.889. The molecule has 0 aliphatic rings. The molecule has 5 nitrogen and oxygen atoms in total. The maximum atomic E-state index is 11.9. The maximum Gasteiger partial charge on any atom is 0.331 e. The molecule has 100 valence electrons. The largest absolute Gasteiger partial charge is 0.494 e. The lowest BCUT2D eigenvalue weighted by Crippen LogP contribution is -2.32. The monoisotopic (exact) mass is 324 g/mol. The van der Waals surface area contributed by atoms with E-state index in [1.54, 1.807) is 38.1 Å². The molecule has 19 heavy (non-hydrogen) atoms. The van der Waals surface area contributed by atoms with Crippen molar-refractivity contribution < 1.29 is 5.11 Å². The second kappa shape index (κ2) is 5.05. The van der Waals surface area contributed by atoms with Crippen LogP contribution in [-0.2, 0) is 0 Å². The Balaban J connectivity index is 2.86. The van der Waals surface area contributed by atoms with Gasteiger partial charge in [-0.1, -0.05) is 34.1 Å². The minimum Gasteiger partial charge on any atom is -0.494 e. The summed E-state index contributed by atoms with van der Waals surface area (Å²) in [5, 5.41) is 10.2. The van der Waals surface area contributed by atoms with E-state index in [1.165, 1.54) is 0 Å². The Morgan fingerprint density at radius 2 is 1.89 bits per heavy atom. The first-order valence-corrected chi connectivity index (χ1v) is 6.55. The van der Waals surface area contributed by atoms with Crippen molar-refractivity contribution in [3.05, 3.63) is 49.6 Å². The molecule has 1 aromatic carbocycles. The molecule has 6 heteroatoms. The van der Waals surface area contributed by atoms with E-state index < -0.39 is 11.2 Å². The Kier molecular flexibility index (Phi) is 3.61. The van der Waals surface area contributed by atoms with Crippen molar-refractivity contribution >= 4 is 15.9 Å². The van der Waals surface area contributed by atoms with Crippen LogP contribution in [0.3, 0.4) is 0 Å². The van der Waals surface area contributed by atoms with Crippen molar-refractivity contribution in [1.29, 1.82) is 0 Å². The second-order valence-corrected chi connectivity index (χ2v) is 5.26. The van der Waals surface area contributed by atoms with Crippen LogP contribution in [0.25, 0.3) is 11.1 Å². The van der Waals surface area contributed by atoms with Gasteiger partial charge in [-0.3, -0.25) is 14.3 Å². The van der Waals surface area contributed by atoms with E-state index in [9.17, 15) is 14.7 Å². The topological polar surface area (TPSA) is 75.1 Å². The van der Waals surface area contributed by atoms with E-state index in [1.807, 2.05) is 0 Å². The number of H-pyrrole nitrogens is 1. The zero-order valence-electron chi connectivity index (χ0n) is 10.5. The third kappa shape index (κ3) is 2.35. The predicted molar refractivity (Wildman–Crippen MR) is 76.5 cm³/mol. The molecule has 0 radical (unpaired) electrons. The molecule has 2 rings (SSSR count). The molecule has 0 saturated heterocycles. The Labute approximate surface area is 117 Å². The van der Waals surface area contributed by atoms with Gasteiger partial charge in [0.25, 0.3) is 5.56 Å². The van der Waals surface area contributed by atoms with Crippen LogP contribution in [0.15, 0.2) is 38.3 Å². The molecule has 0 bridgehead atoms. The lowest BCUT2D eigenvalue weighted by molar-refractivity contribution is 0.384. The van der Waals surface area contributed by atoms with Crippen molar-refractivity contribution in [2.45, 2.75) is 19.9 Å². The van der Waals surface area contributed by atoms with Crippen LogP contribution in [0.4, 0.5) is 0 Å². The summed E-state index contributed by atoms with van der Waals surface area (Å²) in [7, 11) is 0. The number of nitrogens with one attached hydrogen (secondary N) is 1. The van der Waals surface area contributed by atoms with Crippen LogP contribution in [0.1, 0.15) is 19.9 Å². The Hall–Kier alpha value is -1.82. The zero-order chi connectivity index (χ0) is 14.2. The fourth-order valence-electron chi connectivity index (χ4n) is 1.92. The van der Waals surface area contributed by atoms with Crippen molar-refractivity contribution in [2.75, 3.05) is 0 Å². The van der Waals surface area contributed by atoms with Crippen molar-refractivity contribution in [3.8, 4) is 17.0 Å².